The maximum atomic E-state index is 8.33. The number of nitrogens with one attached hydrogen (secondary N) is 1. The molecule has 52 valence electrons. The van der Waals surface area contributed by atoms with Crippen molar-refractivity contribution in [3.63, 3.8) is 0 Å². The van der Waals surface area contributed by atoms with Gasteiger partial charge in [0, 0.05) is 5.70 Å². The van der Waals surface area contributed by atoms with E-state index in [9.17, 15) is 0 Å². The molecule has 9 heavy (non-hydrogen) atoms. The van der Waals surface area contributed by atoms with Gasteiger partial charge in [-0.1, -0.05) is 19.6 Å². The van der Waals surface area contributed by atoms with E-state index in [1.807, 2.05) is 19.1 Å². The third-order valence-electron chi connectivity index (χ3n) is 0.861. The van der Waals surface area contributed by atoms with Crippen molar-refractivity contribution < 1.29 is 5.11 Å². The molecule has 0 aliphatic heterocycles. The van der Waals surface area contributed by atoms with Gasteiger partial charge in [0.2, 0.25) is 0 Å². The SMILES string of the molecule is C=C(/C=C\CC)NCO. The molecule has 2 N–H and O–H groups in total. The van der Waals surface area contributed by atoms with Crippen molar-refractivity contribution in [2.24, 2.45) is 0 Å². The van der Waals surface area contributed by atoms with Crippen LogP contribution in [0.15, 0.2) is 24.4 Å². The average Bonchev–Trinajstić information content (AvgIpc) is 1.85. The monoisotopic (exact) mass is 127 g/mol. The van der Waals surface area contributed by atoms with Gasteiger partial charge in [-0.05, 0) is 12.5 Å². The molecule has 2 nitrogen and oxygen atoms in total. The smallest absolute Gasteiger partial charge is 0.113 e. The molecule has 0 aliphatic carbocycles. The van der Waals surface area contributed by atoms with Crippen LogP contribution in [0.5, 0.6) is 0 Å². The summed E-state index contributed by atoms with van der Waals surface area (Å²) in [7, 11) is 0. The van der Waals surface area contributed by atoms with Crippen molar-refractivity contribution in [2.75, 3.05) is 6.73 Å². The van der Waals surface area contributed by atoms with Crippen LogP contribution in [-0.4, -0.2) is 11.8 Å². The van der Waals surface area contributed by atoms with Crippen LogP contribution >= 0.6 is 0 Å². The number of aliphatic hydroxyl groups excluding tert-OH is 1. The molecule has 0 fully saturated rings. The number of hydrogen-bond donors (Lipinski definition) is 2. The summed E-state index contributed by atoms with van der Waals surface area (Å²) in [5.74, 6) is 0. The Morgan fingerprint density at radius 3 is 2.89 bits per heavy atom. The number of aliphatic hydroxyl groups is 1. The molecule has 0 saturated heterocycles. The van der Waals surface area contributed by atoms with Gasteiger partial charge in [0.25, 0.3) is 0 Å². The molecule has 0 radical (unpaired) electrons. The van der Waals surface area contributed by atoms with Crippen LogP contribution in [0, 0.1) is 0 Å². The predicted octanol–water partition coefficient (Wildman–Crippen LogP) is 1.01. The third-order valence-corrected chi connectivity index (χ3v) is 0.861. The second-order valence-electron chi connectivity index (χ2n) is 1.67. The van der Waals surface area contributed by atoms with Crippen molar-refractivity contribution in [2.45, 2.75) is 13.3 Å². The van der Waals surface area contributed by atoms with Crippen LogP contribution < -0.4 is 5.32 Å². The molecular formula is C7H13NO. The Hall–Kier alpha value is -0.760. The van der Waals surface area contributed by atoms with Crippen molar-refractivity contribution >= 4 is 0 Å². The van der Waals surface area contributed by atoms with Crippen LogP contribution in [0.4, 0.5) is 0 Å². The zero-order valence-corrected chi connectivity index (χ0v) is 5.72. The second kappa shape index (κ2) is 5.38. The van der Waals surface area contributed by atoms with Crippen molar-refractivity contribution in [1.29, 1.82) is 0 Å². The minimum Gasteiger partial charge on any atom is -0.377 e. The molecule has 0 aromatic rings. The van der Waals surface area contributed by atoms with Crippen LogP contribution in [0.25, 0.3) is 0 Å². The fraction of sp³-hybridized carbons (Fsp3) is 0.429. The lowest BCUT2D eigenvalue weighted by Gasteiger charge is -1.97. The van der Waals surface area contributed by atoms with Gasteiger partial charge < -0.3 is 10.4 Å². The standard InChI is InChI=1S/C7H13NO/c1-3-4-5-7(2)8-6-9/h4-5,8-9H,2-3,6H2,1H3/b5-4-. The normalized spacial score (nSPS) is 10.0. The average molecular weight is 127 g/mol. The highest BCUT2D eigenvalue weighted by molar-refractivity contribution is 5.11. The summed E-state index contributed by atoms with van der Waals surface area (Å²) in [6, 6.07) is 0. The molecule has 0 bridgehead atoms. The Labute approximate surface area is 55.9 Å². The van der Waals surface area contributed by atoms with E-state index in [1.54, 1.807) is 0 Å². The first-order valence-corrected chi connectivity index (χ1v) is 3.01. The second-order valence-corrected chi connectivity index (χ2v) is 1.67. The molecule has 0 aromatic heterocycles. The van der Waals surface area contributed by atoms with Gasteiger partial charge in [-0.25, -0.2) is 0 Å². The Bertz CT molecular complexity index is 107. The molecule has 0 amide bonds. The fourth-order valence-corrected chi connectivity index (χ4v) is 0.421. The lowest BCUT2D eigenvalue weighted by atomic mass is 10.3. The summed E-state index contributed by atoms with van der Waals surface area (Å²) in [4.78, 5) is 0. The molecule has 0 heterocycles. The highest BCUT2D eigenvalue weighted by Crippen LogP contribution is 1.87. The molecule has 0 unspecified atom stereocenters. The Morgan fingerprint density at radius 1 is 1.78 bits per heavy atom. The van der Waals surface area contributed by atoms with E-state index in [-0.39, 0.29) is 6.73 Å². The molecule has 2 heteroatoms. The molecule has 0 rings (SSSR count). The molecule has 0 atom stereocenters. The van der Waals surface area contributed by atoms with E-state index >= 15 is 0 Å². The van der Waals surface area contributed by atoms with Crippen molar-refractivity contribution in [1.82, 2.24) is 5.32 Å². The molecular weight excluding hydrogens is 114 g/mol. The van der Waals surface area contributed by atoms with E-state index in [4.69, 9.17) is 5.11 Å². The van der Waals surface area contributed by atoms with Gasteiger partial charge in [-0.3, -0.25) is 0 Å². The number of allylic oxidation sites excluding steroid dienone is 2. The van der Waals surface area contributed by atoms with E-state index in [0.717, 1.165) is 12.1 Å². The zero-order chi connectivity index (χ0) is 7.11. The first kappa shape index (κ1) is 8.24. The summed E-state index contributed by atoms with van der Waals surface area (Å²) in [5, 5.41) is 11.0. The van der Waals surface area contributed by atoms with E-state index in [1.165, 1.54) is 0 Å². The van der Waals surface area contributed by atoms with Gasteiger partial charge in [0.1, 0.15) is 6.73 Å². The molecule has 0 saturated carbocycles. The number of rotatable bonds is 4. The van der Waals surface area contributed by atoms with Crippen molar-refractivity contribution in [3.05, 3.63) is 24.4 Å². The van der Waals surface area contributed by atoms with E-state index < -0.39 is 0 Å². The maximum Gasteiger partial charge on any atom is 0.113 e. The summed E-state index contributed by atoms with van der Waals surface area (Å²) in [6.07, 6.45) is 4.81. The molecule has 0 aliphatic rings. The van der Waals surface area contributed by atoms with Gasteiger partial charge in [0.05, 0.1) is 0 Å². The summed E-state index contributed by atoms with van der Waals surface area (Å²) in [6.45, 7) is 5.62. The lowest BCUT2D eigenvalue weighted by molar-refractivity contribution is 0.276. The van der Waals surface area contributed by atoms with Gasteiger partial charge in [-0.2, -0.15) is 0 Å². The largest absolute Gasteiger partial charge is 0.377 e. The Kier molecular flexibility index (Phi) is 4.92. The quantitative estimate of drug-likeness (QED) is 0.436. The summed E-state index contributed by atoms with van der Waals surface area (Å²) in [5.41, 5.74) is 0.749. The summed E-state index contributed by atoms with van der Waals surface area (Å²) < 4.78 is 0. The maximum absolute atomic E-state index is 8.33. The van der Waals surface area contributed by atoms with Crippen LogP contribution in [0.2, 0.25) is 0 Å². The van der Waals surface area contributed by atoms with Crippen molar-refractivity contribution in [3.8, 4) is 0 Å². The molecule has 0 aromatic carbocycles. The first-order valence-electron chi connectivity index (χ1n) is 3.01. The lowest BCUT2D eigenvalue weighted by Crippen LogP contribution is -2.10. The Morgan fingerprint density at radius 2 is 2.44 bits per heavy atom. The topological polar surface area (TPSA) is 32.3 Å². The van der Waals surface area contributed by atoms with Gasteiger partial charge in [0.15, 0.2) is 0 Å². The van der Waals surface area contributed by atoms with Crippen LogP contribution in [0.3, 0.4) is 0 Å². The molecule has 0 spiro atoms. The number of hydrogen-bond acceptors (Lipinski definition) is 2. The third kappa shape index (κ3) is 5.11. The highest BCUT2D eigenvalue weighted by atomic mass is 16.3. The van der Waals surface area contributed by atoms with E-state index in [0.29, 0.717) is 0 Å². The zero-order valence-electron chi connectivity index (χ0n) is 5.72. The predicted molar refractivity (Wildman–Crippen MR) is 38.8 cm³/mol. The minimum absolute atomic E-state index is 0.0487. The minimum atomic E-state index is -0.0487. The van der Waals surface area contributed by atoms with Gasteiger partial charge >= 0.3 is 0 Å². The summed E-state index contributed by atoms with van der Waals surface area (Å²) >= 11 is 0. The first-order chi connectivity index (χ1) is 4.31. The Balaban J connectivity index is 3.37. The fourth-order valence-electron chi connectivity index (χ4n) is 0.421. The van der Waals surface area contributed by atoms with Crippen LogP contribution in [0.1, 0.15) is 13.3 Å². The highest BCUT2D eigenvalue weighted by Gasteiger charge is 1.79. The van der Waals surface area contributed by atoms with Crippen LogP contribution in [-0.2, 0) is 0 Å². The van der Waals surface area contributed by atoms with Gasteiger partial charge in [-0.15, -0.1) is 0 Å². The van der Waals surface area contributed by atoms with E-state index in [2.05, 4.69) is 11.9 Å².